The number of nitriles is 1. The molecule has 0 spiro atoms. The maximum atomic E-state index is 11.7. The zero-order valence-corrected chi connectivity index (χ0v) is 8.80. The summed E-state index contributed by atoms with van der Waals surface area (Å²) in [5.41, 5.74) is 0.506. The molecule has 0 bridgehead atoms. The quantitative estimate of drug-likeness (QED) is 0.755. The Hall–Kier alpha value is -1.86. The van der Waals surface area contributed by atoms with Gasteiger partial charge in [-0.2, -0.15) is 5.26 Å². The molecule has 1 aliphatic rings. The first kappa shape index (κ1) is 10.7. The molecule has 0 aromatic heterocycles. The van der Waals surface area contributed by atoms with Gasteiger partial charge >= 0.3 is 5.97 Å². The molecule has 4 nitrogen and oxygen atoms in total. The van der Waals surface area contributed by atoms with Crippen molar-refractivity contribution >= 4 is 5.97 Å². The molecule has 2 rings (SSSR count). The van der Waals surface area contributed by atoms with Gasteiger partial charge in [-0.15, -0.1) is 5.06 Å². The average Bonchev–Trinajstić information content (AvgIpc) is 2.77. The first-order valence-corrected chi connectivity index (χ1v) is 5.25. The largest absolute Gasteiger partial charge is 0.363 e. The number of carbonyl (C=O) groups is 1. The Labute approximate surface area is 94.0 Å². The second-order valence-corrected chi connectivity index (χ2v) is 3.67. The van der Waals surface area contributed by atoms with Crippen LogP contribution >= 0.6 is 0 Å². The van der Waals surface area contributed by atoms with Gasteiger partial charge in [-0.25, -0.2) is 4.79 Å². The van der Waals surface area contributed by atoms with E-state index in [9.17, 15) is 4.79 Å². The van der Waals surface area contributed by atoms with Gasteiger partial charge in [0.2, 0.25) is 0 Å². The van der Waals surface area contributed by atoms with E-state index in [1.54, 1.807) is 24.3 Å². The van der Waals surface area contributed by atoms with E-state index in [1.165, 1.54) is 5.06 Å². The normalized spacial score (nSPS) is 20.3. The SMILES string of the molecule is N#C[C@@H]1CCCN1OC(=O)c1ccccc1. The van der Waals surface area contributed by atoms with E-state index in [0.29, 0.717) is 12.1 Å². The van der Waals surface area contributed by atoms with Gasteiger partial charge in [-0.05, 0) is 25.0 Å². The smallest absolute Gasteiger partial charge is 0.357 e. The number of hydrogen-bond donors (Lipinski definition) is 0. The number of nitrogens with zero attached hydrogens (tertiary/aromatic N) is 2. The minimum Gasteiger partial charge on any atom is -0.363 e. The molecule has 0 amide bonds. The van der Waals surface area contributed by atoms with E-state index in [1.807, 2.05) is 6.07 Å². The van der Waals surface area contributed by atoms with Crippen molar-refractivity contribution in [2.45, 2.75) is 18.9 Å². The van der Waals surface area contributed by atoms with Crippen molar-refractivity contribution in [1.29, 1.82) is 5.26 Å². The minimum atomic E-state index is -0.400. The van der Waals surface area contributed by atoms with Crippen LogP contribution in [0.1, 0.15) is 23.2 Å². The van der Waals surface area contributed by atoms with Crippen LogP contribution in [0.4, 0.5) is 0 Å². The molecule has 1 aromatic carbocycles. The summed E-state index contributed by atoms with van der Waals surface area (Å²) in [4.78, 5) is 16.9. The summed E-state index contributed by atoms with van der Waals surface area (Å²) in [5.74, 6) is -0.400. The van der Waals surface area contributed by atoms with Crippen LogP contribution in [0.2, 0.25) is 0 Å². The lowest BCUT2D eigenvalue weighted by Crippen LogP contribution is -2.31. The van der Waals surface area contributed by atoms with Crippen molar-refractivity contribution in [2.75, 3.05) is 6.54 Å². The first-order chi connectivity index (χ1) is 7.81. The number of carbonyl (C=O) groups excluding carboxylic acids is 1. The standard InChI is InChI=1S/C12H12N2O2/c13-9-11-7-4-8-14(11)16-12(15)10-5-2-1-3-6-10/h1-3,5-6,11H,4,7-8H2/t11-/m0/s1. The Morgan fingerprint density at radius 2 is 2.19 bits per heavy atom. The molecule has 1 aliphatic heterocycles. The van der Waals surface area contributed by atoms with Crippen molar-refractivity contribution in [3.8, 4) is 6.07 Å². The van der Waals surface area contributed by atoms with Crippen LogP contribution in [0.3, 0.4) is 0 Å². The third kappa shape index (κ3) is 2.20. The molecule has 0 radical (unpaired) electrons. The Morgan fingerprint density at radius 3 is 2.88 bits per heavy atom. The Morgan fingerprint density at radius 1 is 1.44 bits per heavy atom. The molecule has 0 aliphatic carbocycles. The fourth-order valence-corrected chi connectivity index (χ4v) is 1.71. The van der Waals surface area contributed by atoms with Crippen molar-refractivity contribution < 1.29 is 9.63 Å². The fourth-order valence-electron chi connectivity index (χ4n) is 1.71. The lowest BCUT2D eigenvalue weighted by molar-refractivity contribution is -0.107. The predicted molar refractivity (Wildman–Crippen MR) is 57.2 cm³/mol. The highest BCUT2D eigenvalue weighted by Gasteiger charge is 2.27. The molecule has 1 atom stereocenters. The molecular formula is C12H12N2O2. The number of benzene rings is 1. The van der Waals surface area contributed by atoms with Gasteiger partial charge in [0.05, 0.1) is 11.6 Å². The molecule has 1 heterocycles. The summed E-state index contributed by atoms with van der Waals surface area (Å²) in [6, 6.07) is 10.6. The number of hydroxylamine groups is 2. The van der Waals surface area contributed by atoms with E-state index < -0.39 is 5.97 Å². The lowest BCUT2D eigenvalue weighted by Gasteiger charge is -2.17. The lowest BCUT2D eigenvalue weighted by atomic mass is 10.2. The van der Waals surface area contributed by atoms with Gasteiger partial charge in [-0.1, -0.05) is 18.2 Å². The molecule has 1 fully saturated rings. The minimum absolute atomic E-state index is 0.298. The predicted octanol–water partition coefficient (Wildman–Crippen LogP) is 1.75. The summed E-state index contributed by atoms with van der Waals surface area (Å²) in [5, 5.41) is 10.3. The van der Waals surface area contributed by atoms with Crippen LogP contribution < -0.4 is 0 Å². The molecule has 4 heteroatoms. The van der Waals surface area contributed by atoms with Crippen molar-refractivity contribution in [1.82, 2.24) is 5.06 Å². The molecule has 0 unspecified atom stereocenters. The highest BCUT2D eigenvalue weighted by atomic mass is 16.7. The summed E-state index contributed by atoms with van der Waals surface area (Å²) >= 11 is 0. The van der Waals surface area contributed by atoms with Gasteiger partial charge in [0.15, 0.2) is 0 Å². The number of hydrogen-bond acceptors (Lipinski definition) is 4. The molecule has 0 N–H and O–H groups in total. The molecule has 0 saturated carbocycles. The molecule has 82 valence electrons. The van der Waals surface area contributed by atoms with E-state index >= 15 is 0 Å². The van der Waals surface area contributed by atoms with Gasteiger partial charge < -0.3 is 4.84 Å². The first-order valence-electron chi connectivity index (χ1n) is 5.25. The molecule has 1 aromatic rings. The third-order valence-corrected chi connectivity index (χ3v) is 2.56. The second-order valence-electron chi connectivity index (χ2n) is 3.67. The third-order valence-electron chi connectivity index (χ3n) is 2.56. The van der Waals surface area contributed by atoms with Crippen LogP contribution in [-0.2, 0) is 4.84 Å². The van der Waals surface area contributed by atoms with Crippen molar-refractivity contribution in [3.63, 3.8) is 0 Å². The Bertz CT molecular complexity index is 411. The van der Waals surface area contributed by atoms with Gasteiger partial charge in [0.1, 0.15) is 6.04 Å². The van der Waals surface area contributed by atoms with Gasteiger partial charge in [0, 0.05) is 6.54 Å². The molecule has 16 heavy (non-hydrogen) atoms. The molecular weight excluding hydrogens is 204 g/mol. The van der Waals surface area contributed by atoms with E-state index in [-0.39, 0.29) is 6.04 Å². The van der Waals surface area contributed by atoms with Crippen molar-refractivity contribution in [3.05, 3.63) is 35.9 Å². The maximum absolute atomic E-state index is 11.7. The zero-order valence-electron chi connectivity index (χ0n) is 8.80. The highest BCUT2D eigenvalue weighted by molar-refractivity contribution is 5.89. The van der Waals surface area contributed by atoms with Gasteiger partial charge in [-0.3, -0.25) is 0 Å². The molecule has 1 saturated heterocycles. The second kappa shape index (κ2) is 4.77. The zero-order chi connectivity index (χ0) is 11.4. The Kier molecular flexibility index (Phi) is 3.18. The van der Waals surface area contributed by atoms with Crippen LogP contribution in [0, 0.1) is 11.3 Å². The van der Waals surface area contributed by atoms with Gasteiger partial charge in [0.25, 0.3) is 0 Å². The Balaban J connectivity index is 2.01. The maximum Gasteiger partial charge on any atom is 0.357 e. The van der Waals surface area contributed by atoms with Crippen molar-refractivity contribution in [2.24, 2.45) is 0 Å². The highest BCUT2D eigenvalue weighted by Crippen LogP contribution is 2.17. The monoisotopic (exact) mass is 216 g/mol. The van der Waals surface area contributed by atoms with Crippen LogP contribution in [-0.4, -0.2) is 23.6 Å². The van der Waals surface area contributed by atoms with Crippen LogP contribution in [0.5, 0.6) is 0 Å². The van der Waals surface area contributed by atoms with E-state index in [2.05, 4.69) is 6.07 Å². The summed E-state index contributed by atoms with van der Waals surface area (Å²) in [6.07, 6.45) is 1.65. The fraction of sp³-hybridized carbons (Fsp3) is 0.333. The summed E-state index contributed by atoms with van der Waals surface area (Å²) in [7, 11) is 0. The van der Waals surface area contributed by atoms with E-state index in [4.69, 9.17) is 10.1 Å². The summed E-state index contributed by atoms with van der Waals surface area (Å²) < 4.78 is 0. The van der Waals surface area contributed by atoms with Crippen LogP contribution in [0.15, 0.2) is 30.3 Å². The average molecular weight is 216 g/mol. The number of rotatable bonds is 2. The van der Waals surface area contributed by atoms with E-state index in [0.717, 1.165) is 12.8 Å². The summed E-state index contributed by atoms with van der Waals surface area (Å²) in [6.45, 7) is 0.636. The van der Waals surface area contributed by atoms with Crippen LogP contribution in [0.25, 0.3) is 0 Å². The topological polar surface area (TPSA) is 53.3 Å².